The summed E-state index contributed by atoms with van der Waals surface area (Å²) in [4.78, 5) is 27.8. The normalized spacial score (nSPS) is 10.7. The second-order valence-corrected chi connectivity index (χ2v) is 4.98. The van der Waals surface area contributed by atoms with Crippen LogP contribution in [0.25, 0.3) is 11.5 Å². The number of hydrogen-bond acceptors (Lipinski definition) is 5. The Morgan fingerprint density at radius 3 is 3.13 bits per heavy atom. The van der Waals surface area contributed by atoms with Crippen LogP contribution in [-0.2, 0) is 6.54 Å². The zero-order valence-electron chi connectivity index (χ0n) is 12.4. The molecule has 2 N–H and O–H groups in total. The number of aromatic nitrogens is 4. The van der Waals surface area contributed by atoms with Gasteiger partial charge in [-0.05, 0) is 19.1 Å². The Morgan fingerprint density at radius 2 is 2.35 bits per heavy atom. The first-order valence-electron chi connectivity index (χ1n) is 7.03. The van der Waals surface area contributed by atoms with Gasteiger partial charge < -0.3 is 9.73 Å². The number of amides is 1. The van der Waals surface area contributed by atoms with Gasteiger partial charge in [0.15, 0.2) is 11.5 Å². The number of rotatable bonds is 5. The van der Waals surface area contributed by atoms with Gasteiger partial charge in [-0.2, -0.15) is 5.10 Å². The summed E-state index contributed by atoms with van der Waals surface area (Å²) in [6.45, 7) is 2.34. The lowest BCUT2D eigenvalue weighted by Crippen LogP contribution is -2.31. The van der Waals surface area contributed by atoms with Gasteiger partial charge in [-0.3, -0.25) is 19.3 Å². The molecule has 0 aliphatic heterocycles. The predicted octanol–water partition coefficient (Wildman–Crippen LogP) is 0.965. The summed E-state index contributed by atoms with van der Waals surface area (Å²) in [7, 11) is 0. The van der Waals surface area contributed by atoms with E-state index in [1.807, 2.05) is 0 Å². The predicted molar refractivity (Wildman–Crippen MR) is 81.9 cm³/mol. The Balaban J connectivity index is 1.60. The maximum Gasteiger partial charge on any atom is 0.271 e. The first-order valence-corrected chi connectivity index (χ1v) is 7.03. The molecule has 0 bridgehead atoms. The molecule has 8 heteroatoms. The molecule has 0 fully saturated rings. The molecule has 3 aromatic rings. The van der Waals surface area contributed by atoms with E-state index in [0.717, 1.165) is 0 Å². The van der Waals surface area contributed by atoms with E-state index in [9.17, 15) is 9.59 Å². The van der Waals surface area contributed by atoms with Gasteiger partial charge in [0, 0.05) is 30.9 Å². The molecule has 0 aromatic carbocycles. The lowest BCUT2D eigenvalue weighted by Gasteiger charge is -2.06. The van der Waals surface area contributed by atoms with Crippen LogP contribution in [0.1, 0.15) is 16.1 Å². The van der Waals surface area contributed by atoms with Crippen LogP contribution in [0.4, 0.5) is 0 Å². The van der Waals surface area contributed by atoms with Crippen molar-refractivity contribution in [3.63, 3.8) is 0 Å². The molecular formula is C15H15N5O3. The average molecular weight is 313 g/mol. The number of aryl methyl sites for hydroxylation is 1. The van der Waals surface area contributed by atoms with Crippen molar-refractivity contribution in [3.8, 4) is 11.5 Å². The number of furan rings is 1. The molecule has 0 saturated carbocycles. The van der Waals surface area contributed by atoms with Gasteiger partial charge in [0.1, 0.15) is 5.69 Å². The van der Waals surface area contributed by atoms with Gasteiger partial charge in [0.05, 0.1) is 12.6 Å². The van der Waals surface area contributed by atoms with Crippen molar-refractivity contribution in [2.24, 2.45) is 0 Å². The van der Waals surface area contributed by atoms with E-state index in [0.29, 0.717) is 30.1 Å². The number of aromatic amines is 1. The number of nitrogens with one attached hydrogen (secondary N) is 2. The van der Waals surface area contributed by atoms with Crippen molar-refractivity contribution in [2.45, 2.75) is 13.5 Å². The number of carbonyl (C=O) groups excluding carboxylic acids is 1. The van der Waals surface area contributed by atoms with Crippen molar-refractivity contribution < 1.29 is 9.21 Å². The zero-order valence-corrected chi connectivity index (χ0v) is 12.4. The molecule has 0 aliphatic rings. The summed E-state index contributed by atoms with van der Waals surface area (Å²) in [6, 6.07) is 5.13. The van der Waals surface area contributed by atoms with E-state index >= 15 is 0 Å². The van der Waals surface area contributed by atoms with Gasteiger partial charge in [-0.15, -0.1) is 0 Å². The smallest absolute Gasteiger partial charge is 0.271 e. The monoisotopic (exact) mass is 313 g/mol. The second-order valence-electron chi connectivity index (χ2n) is 4.98. The van der Waals surface area contributed by atoms with Crippen LogP contribution < -0.4 is 10.9 Å². The molecule has 0 aliphatic carbocycles. The van der Waals surface area contributed by atoms with Crippen molar-refractivity contribution in [1.29, 1.82) is 0 Å². The minimum Gasteiger partial charge on any atom is -0.463 e. The van der Waals surface area contributed by atoms with Crippen LogP contribution in [0.5, 0.6) is 0 Å². The molecule has 23 heavy (non-hydrogen) atoms. The van der Waals surface area contributed by atoms with Gasteiger partial charge >= 0.3 is 0 Å². The van der Waals surface area contributed by atoms with Crippen LogP contribution in [0.2, 0.25) is 0 Å². The van der Waals surface area contributed by atoms with Gasteiger partial charge in [0.25, 0.3) is 11.5 Å². The van der Waals surface area contributed by atoms with E-state index in [-0.39, 0.29) is 17.2 Å². The fraction of sp³-hybridized carbons (Fsp3) is 0.200. The first-order chi connectivity index (χ1) is 11.1. The van der Waals surface area contributed by atoms with Crippen LogP contribution in [0.15, 0.2) is 46.2 Å². The molecule has 0 radical (unpaired) electrons. The number of H-pyrrole nitrogens is 1. The molecule has 3 rings (SSSR count). The molecule has 3 aromatic heterocycles. The van der Waals surface area contributed by atoms with Crippen molar-refractivity contribution >= 4 is 5.91 Å². The summed E-state index contributed by atoms with van der Waals surface area (Å²) in [5.41, 5.74) is 1.33. The highest BCUT2D eigenvalue weighted by Gasteiger charge is 2.12. The second kappa shape index (κ2) is 6.30. The summed E-state index contributed by atoms with van der Waals surface area (Å²) < 4.78 is 6.68. The van der Waals surface area contributed by atoms with Gasteiger partial charge in [0.2, 0.25) is 0 Å². The summed E-state index contributed by atoms with van der Waals surface area (Å²) >= 11 is 0. The molecule has 0 spiro atoms. The molecule has 0 atom stereocenters. The highest BCUT2D eigenvalue weighted by molar-refractivity contribution is 5.93. The largest absolute Gasteiger partial charge is 0.463 e. The van der Waals surface area contributed by atoms with Crippen molar-refractivity contribution in [2.75, 3.05) is 6.54 Å². The third kappa shape index (κ3) is 3.20. The minimum absolute atomic E-state index is 0.117. The number of hydrogen-bond donors (Lipinski definition) is 2. The number of nitrogens with zero attached hydrogens (tertiary/aromatic N) is 3. The fourth-order valence-electron chi connectivity index (χ4n) is 2.10. The van der Waals surface area contributed by atoms with E-state index < -0.39 is 0 Å². The molecular weight excluding hydrogens is 298 g/mol. The van der Waals surface area contributed by atoms with E-state index in [1.165, 1.54) is 17.1 Å². The molecule has 3 heterocycles. The zero-order chi connectivity index (χ0) is 16.2. The average Bonchev–Trinajstić information content (AvgIpc) is 3.21. The first kappa shape index (κ1) is 14.8. The maximum absolute atomic E-state index is 12.0. The third-order valence-corrected chi connectivity index (χ3v) is 3.31. The Bertz CT molecular complexity index is 863. The quantitative estimate of drug-likeness (QED) is 0.730. The van der Waals surface area contributed by atoms with Crippen LogP contribution >= 0.6 is 0 Å². The summed E-state index contributed by atoms with van der Waals surface area (Å²) in [5, 5.41) is 9.41. The highest BCUT2D eigenvalue weighted by atomic mass is 16.3. The highest BCUT2D eigenvalue weighted by Crippen LogP contribution is 2.17. The van der Waals surface area contributed by atoms with Gasteiger partial charge in [-0.25, -0.2) is 4.98 Å². The van der Waals surface area contributed by atoms with E-state index in [2.05, 4.69) is 20.5 Å². The summed E-state index contributed by atoms with van der Waals surface area (Å²) in [6.07, 6.45) is 4.51. The standard InChI is InChI=1S/C15H15N5O3/c1-10-8-16-9-20(15(10)22)5-4-17-14(21)12-7-11(18-19-12)13-3-2-6-23-13/h2-3,6-9H,4-5H2,1H3,(H,17,21)(H,18,19). The molecule has 0 saturated heterocycles. The van der Waals surface area contributed by atoms with E-state index in [4.69, 9.17) is 4.42 Å². The maximum atomic E-state index is 12.0. The number of carbonyl (C=O) groups is 1. The molecule has 0 unspecified atom stereocenters. The van der Waals surface area contributed by atoms with E-state index in [1.54, 1.807) is 31.4 Å². The lowest BCUT2D eigenvalue weighted by molar-refractivity contribution is 0.0947. The summed E-state index contributed by atoms with van der Waals surface area (Å²) in [5.74, 6) is 0.279. The SMILES string of the molecule is Cc1cncn(CCNC(=O)c2cc(-c3ccco3)[nH]n2)c1=O. The molecule has 8 nitrogen and oxygen atoms in total. The topological polar surface area (TPSA) is 106 Å². The third-order valence-electron chi connectivity index (χ3n) is 3.31. The fourth-order valence-corrected chi connectivity index (χ4v) is 2.10. The lowest BCUT2D eigenvalue weighted by atomic mass is 10.3. The Labute approximate surface area is 131 Å². The molecule has 118 valence electrons. The Morgan fingerprint density at radius 1 is 1.48 bits per heavy atom. The Hall–Kier alpha value is -3.16. The van der Waals surface area contributed by atoms with Crippen molar-refractivity contribution in [1.82, 2.24) is 25.1 Å². The Kier molecular flexibility index (Phi) is 4.05. The van der Waals surface area contributed by atoms with Crippen LogP contribution in [0, 0.1) is 6.92 Å². The van der Waals surface area contributed by atoms with Crippen molar-refractivity contribution in [3.05, 3.63) is 58.6 Å². The minimum atomic E-state index is -0.326. The van der Waals surface area contributed by atoms with Crippen LogP contribution in [-0.4, -0.2) is 32.2 Å². The molecule has 1 amide bonds. The van der Waals surface area contributed by atoms with Gasteiger partial charge in [-0.1, -0.05) is 0 Å². The van der Waals surface area contributed by atoms with Crippen LogP contribution in [0.3, 0.4) is 0 Å².